The highest BCUT2D eigenvalue weighted by molar-refractivity contribution is 8.13. The zero-order valence-corrected chi connectivity index (χ0v) is 12.5. The van der Waals surface area contributed by atoms with E-state index in [4.69, 9.17) is 20.2 Å². The normalized spacial score (nSPS) is 22.9. The second-order valence-electron chi connectivity index (χ2n) is 4.99. The molecule has 0 bridgehead atoms. The molecule has 6 heteroatoms. The van der Waals surface area contributed by atoms with E-state index in [0.29, 0.717) is 25.6 Å². The third-order valence-electron chi connectivity index (χ3n) is 3.19. The van der Waals surface area contributed by atoms with Gasteiger partial charge in [-0.25, -0.2) is 8.42 Å². The van der Waals surface area contributed by atoms with E-state index in [1.807, 2.05) is 6.92 Å². The van der Waals surface area contributed by atoms with Crippen molar-refractivity contribution in [3.05, 3.63) is 0 Å². The van der Waals surface area contributed by atoms with Crippen LogP contribution in [0.15, 0.2) is 0 Å². The van der Waals surface area contributed by atoms with Crippen molar-refractivity contribution in [2.45, 2.75) is 45.1 Å². The largest absolute Gasteiger partial charge is 0.379 e. The predicted molar refractivity (Wildman–Crippen MR) is 72.4 cm³/mol. The Bertz CT molecular complexity index is 312. The van der Waals surface area contributed by atoms with E-state index in [0.717, 1.165) is 25.9 Å². The molecule has 0 radical (unpaired) electrons. The first-order chi connectivity index (χ1) is 8.47. The van der Waals surface area contributed by atoms with Crippen LogP contribution in [0.3, 0.4) is 0 Å². The Balaban J connectivity index is 1.99. The van der Waals surface area contributed by atoms with Gasteiger partial charge in [0, 0.05) is 23.9 Å². The second kappa shape index (κ2) is 8.35. The zero-order valence-electron chi connectivity index (χ0n) is 10.9. The van der Waals surface area contributed by atoms with Gasteiger partial charge in [-0.2, -0.15) is 0 Å². The van der Waals surface area contributed by atoms with Crippen molar-refractivity contribution in [3.63, 3.8) is 0 Å². The Morgan fingerprint density at radius 3 is 2.78 bits per heavy atom. The molecule has 4 nitrogen and oxygen atoms in total. The first kappa shape index (κ1) is 16.2. The van der Waals surface area contributed by atoms with Crippen molar-refractivity contribution in [2.75, 3.05) is 25.6 Å². The van der Waals surface area contributed by atoms with Gasteiger partial charge in [0.25, 0.3) is 0 Å². The van der Waals surface area contributed by atoms with Crippen LogP contribution in [0.4, 0.5) is 0 Å². The molecule has 2 unspecified atom stereocenters. The average molecular weight is 299 g/mol. The summed E-state index contributed by atoms with van der Waals surface area (Å²) in [6, 6.07) is 0. The van der Waals surface area contributed by atoms with Crippen molar-refractivity contribution in [3.8, 4) is 0 Å². The van der Waals surface area contributed by atoms with Crippen LogP contribution in [-0.2, 0) is 18.5 Å². The summed E-state index contributed by atoms with van der Waals surface area (Å²) in [6.07, 6.45) is 5.16. The van der Waals surface area contributed by atoms with Gasteiger partial charge in [-0.3, -0.25) is 0 Å². The van der Waals surface area contributed by atoms with Gasteiger partial charge in [0.2, 0.25) is 9.05 Å². The zero-order chi connectivity index (χ0) is 13.4. The molecule has 2 atom stereocenters. The van der Waals surface area contributed by atoms with Crippen molar-refractivity contribution in [1.82, 2.24) is 0 Å². The minimum Gasteiger partial charge on any atom is -0.379 e. The van der Waals surface area contributed by atoms with Gasteiger partial charge in [-0.05, 0) is 38.0 Å². The highest BCUT2D eigenvalue weighted by Gasteiger charge is 2.14. The minimum absolute atomic E-state index is 0.0431. The molecule has 0 N–H and O–H groups in total. The number of rotatable bonds is 8. The maximum Gasteiger partial charge on any atom is 0.232 e. The molecule has 0 saturated carbocycles. The van der Waals surface area contributed by atoms with Gasteiger partial charge in [-0.15, -0.1) is 0 Å². The Kier molecular flexibility index (Phi) is 7.53. The van der Waals surface area contributed by atoms with Crippen LogP contribution in [0.2, 0.25) is 0 Å². The van der Waals surface area contributed by atoms with Crippen LogP contribution < -0.4 is 0 Å². The maximum absolute atomic E-state index is 10.8. The van der Waals surface area contributed by atoms with Gasteiger partial charge >= 0.3 is 0 Å². The molecule has 0 aliphatic carbocycles. The lowest BCUT2D eigenvalue weighted by molar-refractivity contribution is -0.0422. The molecule has 1 aliphatic heterocycles. The molecule has 0 aromatic heterocycles. The average Bonchev–Trinajstić information content (AvgIpc) is 2.33. The first-order valence-electron chi connectivity index (χ1n) is 6.59. The quantitative estimate of drug-likeness (QED) is 0.510. The predicted octanol–water partition coefficient (Wildman–Crippen LogP) is 2.56. The van der Waals surface area contributed by atoms with Gasteiger partial charge in [0.1, 0.15) is 0 Å². The molecule has 0 spiro atoms. The van der Waals surface area contributed by atoms with Gasteiger partial charge in [-0.1, -0.05) is 6.92 Å². The Hall–Kier alpha value is 0.160. The summed E-state index contributed by atoms with van der Waals surface area (Å²) in [5.41, 5.74) is 0. The molecule has 18 heavy (non-hydrogen) atoms. The Morgan fingerprint density at radius 2 is 2.17 bits per heavy atom. The van der Waals surface area contributed by atoms with Crippen LogP contribution in [-0.4, -0.2) is 40.1 Å². The fraction of sp³-hybridized carbons (Fsp3) is 1.00. The summed E-state index contributed by atoms with van der Waals surface area (Å²) in [7, 11) is 1.81. The lowest BCUT2D eigenvalue weighted by Crippen LogP contribution is -2.24. The van der Waals surface area contributed by atoms with Crippen molar-refractivity contribution >= 4 is 19.7 Å². The molecule has 1 fully saturated rings. The molecule has 1 aliphatic rings. The lowest BCUT2D eigenvalue weighted by atomic mass is 10.1. The van der Waals surface area contributed by atoms with Gasteiger partial charge in [0.05, 0.1) is 18.5 Å². The smallest absolute Gasteiger partial charge is 0.232 e. The third kappa shape index (κ3) is 8.29. The standard InChI is InChI=1S/C12H23ClO4S/c1-11(6-9-18(13,14)15)5-8-16-10-12-4-2-3-7-17-12/h11-12H,2-10H2,1H3. The SMILES string of the molecule is CC(CCOCC1CCCCO1)CCS(=O)(=O)Cl. The molecular weight excluding hydrogens is 276 g/mol. The van der Waals surface area contributed by atoms with E-state index in [1.54, 1.807) is 0 Å². The molecule has 1 rings (SSSR count). The summed E-state index contributed by atoms with van der Waals surface area (Å²) in [4.78, 5) is 0. The highest BCUT2D eigenvalue weighted by atomic mass is 35.7. The third-order valence-corrected chi connectivity index (χ3v) is 4.37. The molecular formula is C12H23ClO4S. The van der Waals surface area contributed by atoms with Crippen molar-refractivity contribution < 1.29 is 17.9 Å². The maximum atomic E-state index is 10.8. The van der Waals surface area contributed by atoms with Crippen LogP contribution in [0.1, 0.15) is 39.0 Å². The number of hydrogen-bond donors (Lipinski definition) is 0. The van der Waals surface area contributed by atoms with E-state index in [1.165, 1.54) is 6.42 Å². The van der Waals surface area contributed by atoms with Crippen LogP contribution in [0, 0.1) is 5.92 Å². The van der Waals surface area contributed by atoms with Crippen molar-refractivity contribution in [2.24, 2.45) is 5.92 Å². The highest BCUT2D eigenvalue weighted by Crippen LogP contribution is 2.14. The van der Waals surface area contributed by atoms with Crippen LogP contribution >= 0.6 is 10.7 Å². The molecule has 108 valence electrons. The topological polar surface area (TPSA) is 52.6 Å². The van der Waals surface area contributed by atoms with Crippen molar-refractivity contribution in [1.29, 1.82) is 0 Å². The van der Waals surface area contributed by atoms with Gasteiger partial charge < -0.3 is 9.47 Å². The van der Waals surface area contributed by atoms with E-state index in [9.17, 15) is 8.42 Å². The molecule has 1 saturated heterocycles. The lowest BCUT2D eigenvalue weighted by Gasteiger charge is -2.22. The minimum atomic E-state index is -3.36. The Labute approximate surface area is 114 Å². The van der Waals surface area contributed by atoms with Crippen LogP contribution in [0.25, 0.3) is 0 Å². The van der Waals surface area contributed by atoms with Gasteiger partial charge in [0.15, 0.2) is 0 Å². The Morgan fingerprint density at radius 1 is 1.39 bits per heavy atom. The monoisotopic (exact) mass is 298 g/mol. The number of halogens is 1. The summed E-state index contributed by atoms with van der Waals surface area (Å²) < 4.78 is 32.7. The molecule has 0 aromatic carbocycles. The fourth-order valence-corrected chi connectivity index (χ4v) is 2.88. The van der Waals surface area contributed by atoms with E-state index in [2.05, 4.69) is 0 Å². The van der Waals surface area contributed by atoms with E-state index < -0.39 is 9.05 Å². The summed E-state index contributed by atoms with van der Waals surface area (Å²) in [5.74, 6) is 0.354. The first-order valence-corrected chi connectivity index (χ1v) is 9.07. The van der Waals surface area contributed by atoms with Crippen LogP contribution in [0.5, 0.6) is 0 Å². The molecule has 0 aromatic rings. The fourth-order valence-electron chi connectivity index (χ4n) is 1.92. The summed E-state index contributed by atoms with van der Waals surface area (Å²) in [5, 5.41) is 0. The molecule has 1 heterocycles. The summed E-state index contributed by atoms with van der Waals surface area (Å²) in [6.45, 7) is 4.17. The summed E-state index contributed by atoms with van der Waals surface area (Å²) >= 11 is 0. The second-order valence-corrected chi connectivity index (χ2v) is 7.89. The van der Waals surface area contributed by atoms with E-state index in [-0.39, 0.29) is 11.9 Å². The van der Waals surface area contributed by atoms with E-state index >= 15 is 0 Å². The molecule has 0 amide bonds. The number of ether oxygens (including phenoxy) is 2. The number of hydrogen-bond acceptors (Lipinski definition) is 4.